The minimum atomic E-state index is -0.544. The molecule has 0 atom stereocenters. The average Bonchev–Trinajstić information content (AvgIpc) is 3.31. The van der Waals surface area contributed by atoms with Crippen LogP contribution in [0.2, 0.25) is 5.02 Å². The van der Waals surface area contributed by atoms with Crippen molar-refractivity contribution < 1.29 is 19.2 Å². The first-order valence-corrected chi connectivity index (χ1v) is 11.3. The van der Waals surface area contributed by atoms with E-state index in [1.54, 1.807) is 30.5 Å². The highest BCUT2D eigenvalue weighted by molar-refractivity contribution is 6.32. The molecular formula is C26H23ClN4O5. The van der Waals surface area contributed by atoms with Crippen molar-refractivity contribution in [2.75, 3.05) is 5.32 Å². The lowest BCUT2D eigenvalue weighted by Crippen LogP contribution is -2.14. The van der Waals surface area contributed by atoms with Crippen molar-refractivity contribution in [2.45, 2.75) is 27.5 Å². The second-order valence-electron chi connectivity index (χ2n) is 8.18. The molecule has 4 rings (SSSR count). The lowest BCUT2D eigenvalue weighted by Gasteiger charge is -2.13. The van der Waals surface area contributed by atoms with Crippen LogP contribution in [-0.2, 0) is 6.73 Å². The fraction of sp³-hybridized carbons (Fsp3) is 0.154. The van der Waals surface area contributed by atoms with E-state index in [1.807, 2.05) is 32.9 Å². The highest BCUT2D eigenvalue weighted by Gasteiger charge is 2.16. The molecule has 1 amide bonds. The van der Waals surface area contributed by atoms with Gasteiger partial charge >= 0.3 is 0 Å². The molecule has 0 aliphatic rings. The summed E-state index contributed by atoms with van der Waals surface area (Å²) in [6.45, 7) is 5.86. The number of carbonyl (C=O) groups is 1. The maximum atomic E-state index is 12.8. The van der Waals surface area contributed by atoms with Gasteiger partial charge in [-0.3, -0.25) is 14.9 Å². The third kappa shape index (κ3) is 5.81. The Labute approximate surface area is 212 Å². The normalized spacial score (nSPS) is 10.7. The Hall–Kier alpha value is -4.37. The molecule has 1 N–H and O–H groups in total. The summed E-state index contributed by atoms with van der Waals surface area (Å²) in [5, 5.41) is 18.8. The van der Waals surface area contributed by atoms with Gasteiger partial charge < -0.3 is 14.8 Å². The molecule has 1 aromatic heterocycles. The molecule has 184 valence electrons. The number of hydrogen-bond acceptors (Lipinski definition) is 6. The highest BCUT2D eigenvalue weighted by Crippen LogP contribution is 2.33. The molecule has 1 heterocycles. The number of non-ortho nitro benzene ring substituents is 1. The zero-order chi connectivity index (χ0) is 25.8. The van der Waals surface area contributed by atoms with Gasteiger partial charge in [-0.15, -0.1) is 0 Å². The number of hydrogen-bond donors (Lipinski definition) is 1. The number of aryl methyl sites for hydroxylation is 2. The SMILES string of the molecule is Cc1cc(C)c(C)c(Oc2cc(NC(=O)c3ccn(COc4ccccc4Cl)n3)cc([N+](=O)[O-])c2)c1. The lowest BCUT2D eigenvalue weighted by atomic mass is 10.1. The van der Waals surface area contributed by atoms with Crippen molar-refractivity contribution in [3.05, 3.63) is 104 Å². The number of aromatic nitrogens is 2. The maximum Gasteiger partial charge on any atom is 0.276 e. The van der Waals surface area contributed by atoms with Crippen molar-refractivity contribution in [1.29, 1.82) is 0 Å². The second-order valence-corrected chi connectivity index (χ2v) is 8.59. The molecule has 0 aliphatic heterocycles. The van der Waals surface area contributed by atoms with Gasteiger partial charge in [-0.1, -0.05) is 29.8 Å². The van der Waals surface area contributed by atoms with E-state index in [9.17, 15) is 14.9 Å². The Morgan fingerprint density at radius 1 is 1.08 bits per heavy atom. The molecule has 0 unspecified atom stereocenters. The first-order chi connectivity index (χ1) is 17.2. The summed E-state index contributed by atoms with van der Waals surface area (Å²) in [6.07, 6.45) is 1.58. The molecule has 0 spiro atoms. The smallest absolute Gasteiger partial charge is 0.276 e. The molecule has 0 aliphatic carbocycles. The van der Waals surface area contributed by atoms with Crippen LogP contribution in [0, 0.1) is 30.9 Å². The van der Waals surface area contributed by atoms with Gasteiger partial charge in [0.1, 0.15) is 17.2 Å². The van der Waals surface area contributed by atoms with Crippen molar-refractivity contribution in [3.8, 4) is 17.2 Å². The van der Waals surface area contributed by atoms with E-state index in [0.29, 0.717) is 16.5 Å². The average molecular weight is 507 g/mol. The number of carbonyl (C=O) groups excluding carboxylic acids is 1. The molecule has 4 aromatic rings. The van der Waals surface area contributed by atoms with Crippen molar-refractivity contribution in [3.63, 3.8) is 0 Å². The molecule has 36 heavy (non-hydrogen) atoms. The van der Waals surface area contributed by atoms with E-state index in [-0.39, 0.29) is 29.5 Å². The highest BCUT2D eigenvalue weighted by atomic mass is 35.5. The van der Waals surface area contributed by atoms with Crippen LogP contribution in [0.15, 0.2) is 66.9 Å². The van der Waals surface area contributed by atoms with Crippen LogP contribution < -0.4 is 14.8 Å². The van der Waals surface area contributed by atoms with Crippen molar-refractivity contribution >= 4 is 28.9 Å². The second kappa shape index (κ2) is 10.5. The molecule has 0 radical (unpaired) electrons. The Balaban J connectivity index is 1.51. The zero-order valence-electron chi connectivity index (χ0n) is 19.8. The number of para-hydroxylation sites is 1. The van der Waals surface area contributed by atoms with Crippen LogP contribution in [0.1, 0.15) is 27.2 Å². The summed E-state index contributed by atoms with van der Waals surface area (Å²) < 4.78 is 13.0. The summed E-state index contributed by atoms with van der Waals surface area (Å²) in [5.41, 5.74) is 3.05. The third-order valence-electron chi connectivity index (χ3n) is 5.41. The van der Waals surface area contributed by atoms with E-state index < -0.39 is 10.8 Å². The van der Waals surface area contributed by atoms with E-state index >= 15 is 0 Å². The fourth-order valence-corrected chi connectivity index (χ4v) is 3.69. The number of nitrogens with zero attached hydrogens (tertiary/aromatic N) is 3. The van der Waals surface area contributed by atoms with Gasteiger partial charge in [0.15, 0.2) is 12.4 Å². The Morgan fingerprint density at radius 3 is 2.61 bits per heavy atom. The van der Waals surface area contributed by atoms with Crippen LogP contribution in [-0.4, -0.2) is 20.6 Å². The standard InChI is InChI=1S/C26H23ClN4O5/c1-16-10-17(2)18(3)25(11-16)36-21-13-19(12-20(14-21)31(33)34)28-26(32)23-8-9-30(29-23)15-35-24-7-5-4-6-22(24)27/h4-14H,15H2,1-3H3,(H,28,32). The van der Waals surface area contributed by atoms with Crippen LogP contribution in [0.5, 0.6) is 17.2 Å². The van der Waals surface area contributed by atoms with Crippen LogP contribution in [0.3, 0.4) is 0 Å². The first-order valence-electron chi connectivity index (χ1n) is 11.0. The number of halogens is 1. The Bertz CT molecular complexity index is 1450. The van der Waals surface area contributed by atoms with Crippen LogP contribution >= 0.6 is 11.6 Å². The molecule has 0 saturated heterocycles. The van der Waals surface area contributed by atoms with E-state index in [4.69, 9.17) is 21.1 Å². The molecular weight excluding hydrogens is 484 g/mol. The first kappa shape index (κ1) is 24.7. The minimum Gasteiger partial charge on any atom is -0.470 e. The van der Waals surface area contributed by atoms with Crippen molar-refractivity contribution in [2.24, 2.45) is 0 Å². The monoisotopic (exact) mass is 506 g/mol. The Kier molecular flexibility index (Phi) is 7.21. The summed E-state index contributed by atoms with van der Waals surface area (Å²) in [6, 6.07) is 16.5. The van der Waals surface area contributed by atoms with Gasteiger partial charge in [0.2, 0.25) is 0 Å². The van der Waals surface area contributed by atoms with Crippen LogP contribution in [0.4, 0.5) is 11.4 Å². The number of nitro groups is 1. The molecule has 0 bridgehead atoms. The number of benzene rings is 3. The van der Waals surface area contributed by atoms with Gasteiger partial charge in [-0.05, 0) is 61.7 Å². The summed E-state index contributed by atoms with van der Waals surface area (Å²) in [7, 11) is 0. The molecule has 0 saturated carbocycles. The van der Waals surface area contributed by atoms with Gasteiger partial charge in [0.25, 0.3) is 11.6 Å². The Morgan fingerprint density at radius 2 is 1.86 bits per heavy atom. The lowest BCUT2D eigenvalue weighted by molar-refractivity contribution is -0.384. The van der Waals surface area contributed by atoms with Crippen molar-refractivity contribution in [1.82, 2.24) is 9.78 Å². The van der Waals surface area contributed by atoms with E-state index in [2.05, 4.69) is 10.4 Å². The zero-order valence-corrected chi connectivity index (χ0v) is 20.6. The van der Waals surface area contributed by atoms with Crippen LogP contribution in [0.25, 0.3) is 0 Å². The van der Waals surface area contributed by atoms with Gasteiger partial charge in [-0.2, -0.15) is 5.10 Å². The number of nitro benzene ring substituents is 1. The summed E-state index contributed by atoms with van der Waals surface area (Å²) in [5.74, 6) is 0.762. The van der Waals surface area contributed by atoms with E-state index in [1.165, 1.54) is 28.9 Å². The number of amides is 1. The summed E-state index contributed by atoms with van der Waals surface area (Å²) >= 11 is 6.08. The molecule has 9 nitrogen and oxygen atoms in total. The predicted octanol–water partition coefficient (Wildman–Crippen LogP) is 6.45. The number of anilines is 1. The van der Waals surface area contributed by atoms with Gasteiger partial charge in [0, 0.05) is 18.3 Å². The van der Waals surface area contributed by atoms with Gasteiger partial charge in [-0.25, -0.2) is 4.68 Å². The van der Waals surface area contributed by atoms with Gasteiger partial charge in [0.05, 0.1) is 21.7 Å². The topological polar surface area (TPSA) is 109 Å². The molecule has 3 aromatic carbocycles. The molecule has 0 fully saturated rings. The number of rotatable bonds is 8. The predicted molar refractivity (Wildman–Crippen MR) is 136 cm³/mol. The minimum absolute atomic E-state index is 0.0427. The largest absolute Gasteiger partial charge is 0.470 e. The number of ether oxygens (including phenoxy) is 2. The molecule has 10 heteroatoms. The third-order valence-corrected chi connectivity index (χ3v) is 5.73. The maximum absolute atomic E-state index is 12.8. The van der Waals surface area contributed by atoms with E-state index in [0.717, 1.165) is 16.7 Å². The quantitative estimate of drug-likeness (QED) is 0.217. The number of nitrogens with one attached hydrogen (secondary N) is 1. The fourth-order valence-electron chi connectivity index (χ4n) is 3.50. The summed E-state index contributed by atoms with van der Waals surface area (Å²) in [4.78, 5) is 23.7.